The van der Waals surface area contributed by atoms with Crippen molar-refractivity contribution >= 4 is 17.9 Å². The van der Waals surface area contributed by atoms with Gasteiger partial charge in [-0.25, -0.2) is 4.79 Å². The third-order valence-corrected chi connectivity index (χ3v) is 16.3. The lowest BCUT2D eigenvalue weighted by Gasteiger charge is -2.25. The van der Waals surface area contributed by atoms with Crippen molar-refractivity contribution in [1.82, 2.24) is 0 Å². The number of unbranched alkanes of at least 4 members (excludes halogenated alkanes) is 24. The highest BCUT2D eigenvalue weighted by molar-refractivity contribution is 5.71. The minimum atomic E-state index is -1.53. The smallest absolute Gasteiger partial charge is 0.361 e. The molecule has 0 aromatic heterocycles. The van der Waals surface area contributed by atoms with E-state index in [1.807, 2.05) is 21.1 Å². The topological polar surface area (TPSA) is 108 Å². The Morgan fingerprint density at radius 3 is 0.808 bits per heavy atom. The molecule has 0 saturated heterocycles. The van der Waals surface area contributed by atoms with Crippen LogP contribution in [0.4, 0.5) is 0 Å². The third-order valence-electron chi connectivity index (χ3n) is 16.3. The number of carboxylic acids is 1. The highest BCUT2D eigenvalue weighted by Crippen LogP contribution is 2.17. The SMILES string of the molecule is CC/C=C\C/C=C\C/C=C\C/C=C\C/C=C\C/C=C\C/C=C\C/C=C\C/C=C\CCCCCCCC(=O)OC(COC(=O)CCCCCCCCCCCCCCCCCCCCC/C=C\C/C=C\C/C=C\C/C=C\C/C=C\C/C=C\C/C=C\CC)COC(OCC[N+](C)(C)C)C(=O)O. The summed E-state index contributed by atoms with van der Waals surface area (Å²) in [5, 5.41) is 9.77. The molecule has 9 heteroatoms. The van der Waals surface area contributed by atoms with Crippen LogP contribution in [0.1, 0.15) is 296 Å². The quantitative estimate of drug-likeness (QED) is 0.0211. The maximum absolute atomic E-state index is 13.0. The van der Waals surface area contributed by atoms with Crippen molar-refractivity contribution in [3.8, 4) is 0 Å². The number of carbonyl (C=O) groups is 3. The Morgan fingerprint density at radius 2 is 0.545 bits per heavy atom. The molecular weight excluding hydrogens is 1220 g/mol. The van der Waals surface area contributed by atoms with Gasteiger partial charge in [-0.1, -0.05) is 337 Å². The molecule has 0 amide bonds. The zero-order valence-electron chi connectivity index (χ0n) is 63.8. The largest absolute Gasteiger partial charge is 0.477 e. The number of nitrogens with zero attached hydrogens (tertiary/aromatic N) is 1. The Morgan fingerprint density at radius 1 is 0.303 bits per heavy atom. The maximum Gasteiger partial charge on any atom is 0.361 e. The molecular formula is C90H146NO8+. The summed E-state index contributed by atoms with van der Waals surface area (Å²) in [4.78, 5) is 37.7. The summed E-state index contributed by atoms with van der Waals surface area (Å²) in [5.41, 5.74) is 0. The summed E-state index contributed by atoms with van der Waals surface area (Å²) < 4.78 is 23.0. The van der Waals surface area contributed by atoms with Crippen LogP contribution in [0.25, 0.3) is 0 Å². The zero-order valence-corrected chi connectivity index (χ0v) is 63.8. The van der Waals surface area contributed by atoms with Crippen LogP contribution in [-0.2, 0) is 33.3 Å². The molecule has 2 atom stereocenters. The van der Waals surface area contributed by atoms with Crippen LogP contribution in [0.15, 0.2) is 194 Å². The zero-order chi connectivity index (χ0) is 71.8. The van der Waals surface area contributed by atoms with E-state index in [1.165, 1.54) is 109 Å². The molecule has 0 saturated carbocycles. The van der Waals surface area contributed by atoms with Crippen LogP contribution in [0.5, 0.6) is 0 Å². The number of hydrogen-bond donors (Lipinski definition) is 1. The standard InChI is InChI=1S/C90H145NO8/c1-6-8-10-12-14-16-18-20-22-24-26-28-30-32-34-36-38-40-41-42-43-44-45-46-47-49-50-52-54-56-58-60-62-64-66-68-70-72-74-76-78-80-87(92)97-84-86(85-98-90(89(94)95)96-83-82-91(3,4)5)99-88(93)81-79-77-75-73-71-69-67-65-63-61-59-57-55-53-51-48-39-37-35-33-31-29-27-25-23-21-19-17-15-13-11-9-7-2/h8-11,14-17,20-23,26-29,32-35,38-40,42-43,48,53,55,59,61,65,67,86,90H,6-7,12-13,18-19,24-25,30-31,36-37,41,44-47,49-52,54,56-58,60,62-64,66,68-85H2,1-5H3/p+1/b10-8-,11-9-,16-14-,17-15-,22-20-,23-21-,28-26-,29-27-,34-32-,35-33-,40-38-,43-42-,48-39-,55-53-,61-59-,67-65-. The van der Waals surface area contributed by atoms with Crippen molar-refractivity contribution in [2.24, 2.45) is 0 Å². The van der Waals surface area contributed by atoms with Crippen LogP contribution >= 0.6 is 0 Å². The minimum Gasteiger partial charge on any atom is -0.477 e. The first-order valence-corrected chi connectivity index (χ1v) is 39.6. The molecule has 0 rings (SSSR count). The molecule has 0 aliphatic rings. The van der Waals surface area contributed by atoms with Crippen molar-refractivity contribution < 1.29 is 42.9 Å². The first kappa shape index (κ1) is 93.1. The summed E-state index contributed by atoms with van der Waals surface area (Å²) in [5.74, 6) is -2.04. The molecule has 2 unspecified atom stereocenters. The van der Waals surface area contributed by atoms with E-state index < -0.39 is 24.3 Å². The van der Waals surface area contributed by atoms with Crippen molar-refractivity contribution in [1.29, 1.82) is 0 Å². The molecule has 0 radical (unpaired) electrons. The molecule has 0 heterocycles. The molecule has 0 spiro atoms. The predicted octanol–water partition coefficient (Wildman–Crippen LogP) is 25.7. The first-order chi connectivity index (χ1) is 48.6. The lowest BCUT2D eigenvalue weighted by molar-refractivity contribution is -0.870. The van der Waals surface area contributed by atoms with Gasteiger partial charge in [-0.15, -0.1) is 0 Å². The second kappa shape index (κ2) is 77.9. The van der Waals surface area contributed by atoms with E-state index >= 15 is 0 Å². The fraction of sp³-hybridized carbons (Fsp3) is 0.611. The van der Waals surface area contributed by atoms with Crippen LogP contribution in [-0.4, -0.2) is 87.4 Å². The van der Waals surface area contributed by atoms with Crippen molar-refractivity contribution in [3.63, 3.8) is 0 Å². The van der Waals surface area contributed by atoms with Gasteiger partial charge in [0.25, 0.3) is 6.29 Å². The highest BCUT2D eigenvalue weighted by Gasteiger charge is 2.25. The van der Waals surface area contributed by atoms with Gasteiger partial charge in [0, 0.05) is 12.8 Å². The van der Waals surface area contributed by atoms with Gasteiger partial charge in [0.2, 0.25) is 0 Å². The number of quaternary nitrogens is 1. The molecule has 0 aliphatic heterocycles. The number of carbonyl (C=O) groups excluding carboxylic acids is 2. The summed E-state index contributed by atoms with van der Waals surface area (Å²) in [7, 11) is 5.97. The van der Waals surface area contributed by atoms with E-state index in [2.05, 4.69) is 208 Å². The van der Waals surface area contributed by atoms with E-state index in [9.17, 15) is 19.5 Å². The number of ether oxygens (including phenoxy) is 4. The van der Waals surface area contributed by atoms with E-state index in [4.69, 9.17) is 18.9 Å². The average molecular weight is 1370 g/mol. The number of hydrogen-bond acceptors (Lipinski definition) is 7. The van der Waals surface area contributed by atoms with Crippen LogP contribution < -0.4 is 0 Å². The molecule has 0 aromatic rings. The monoisotopic (exact) mass is 1370 g/mol. The van der Waals surface area contributed by atoms with Gasteiger partial charge in [-0.3, -0.25) is 9.59 Å². The Bertz CT molecular complexity index is 2340. The average Bonchev–Trinajstić information content (AvgIpc) is 1.57. The minimum absolute atomic E-state index is 0.175. The Labute approximate surface area is 608 Å². The van der Waals surface area contributed by atoms with Gasteiger partial charge in [0.15, 0.2) is 6.10 Å². The van der Waals surface area contributed by atoms with E-state index in [0.717, 1.165) is 154 Å². The second-order valence-electron chi connectivity index (χ2n) is 26.9. The Kier molecular flexibility index (Phi) is 73.2. The van der Waals surface area contributed by atoms with Gasteiger partial charge in [0.05, 0.1) is 34.4 Å². The first-order valence-electron chi connectivity index (χ1n) is 39.6. The highest BCUT2D eigenvalue weighted by atomic mass is 16.7. The molecule has 0 aromatic carbocycles. The van der Waals surface area contributed by atoms with Crippen molar-refractivity contribution in [2.75, 3.05) is 47.5 Å². The molecule has 0 fully saturated rings. The third kappa shape index (κ3) is 79.3. The predicted molar refractivity (Wildman–Crippen MR) is 428 cm³/mol. The van der Waals surface area contributed by atoms with Crippen molar-refractivity contribution in [2.45, 2.75) is 309 Å². The van der Waals surface area contributed by atoms with Gasteiger partial charge < -0.3 is 28.5 Å². The lowest BCUT2D eigenvalue weighted by atomic mass is 10.0. The normalized spacial score (nSPS) is 13.7. The van der Waals surface area contributed by atoms with E-state index in [1.54, 1.807) is 0 Å². The van der Waals surface area contributed by atoms with Crippen molar-refractivity contribution in [3.05, 3.63) is 194 Å². The Balaban J connectivity index is 4.11. The van der Waals surface area contributed by atoms with Crippen LogP contribution in [0, 0.1) is 0 Å². The summed E-state index contributed by atoms with van der Waals surface area (Å²) in [6.45, 7) is 4.62. The van der Waals surface area contributed by atoms with E-state index in [0.29, 0.717) is 17.4 Å². The summed E-state index contributed by atoms with van der Waals surface area (Å²) >= 11 is 0. The lowest BCUT2D eigenvalue weighted by Crippen LogP contribution is -2.40. The molecule has 558 valence electrons. The number of allylic oxidation sites excluding steroid dienone is 32. The molecule has 9 nitrogen and oxygen atoms in total. The Hall–Kier alpha value is -5.87. The molecule has 0 bridgehead atoms. The van der Waals surface area contributed by atoms with Gasteiger partial charge >= 0.3 is 17.9 Å². The second-order valence-corrected chi connectivity index (χ2v) is 26.9. The van der Waals surface area contributed by atoms with Gasteiger partial charge in [0.1, 0.15) is 13.2 Å². The molecule has 99 heavy (non-hydrogen) atoms. The summed E-state index contributed by atoms with van der Waals surface area (Å²) in [6, 6.07) is 0. The van der Waals surface area contributed by atoms with Gasteiger partial charge in [-0.05, 0) is 141 Å². The fourth-order valence-corrected chi connectivity index (χ4v) is 10.4. The van der Waals surface area contributed by atoms with E-state index in [-0.39, 0.29) is 38.6 Å². The number of carboxylic acid groups (broad SMARTS) is 1. The number of aliphatic carboxylic acids is 1. The van der Waals surface area contributed by atoms with Crippen LogP contribution in [0.2, 0.25) is 0 Å². The maximum atomic E-state index is 13.0. The molecule has 1 N–H and O–H groups in total. The number of esters is 2. The fourth-order valence-electron chi connectivity index (χ4n) is 10.4. The number of likely N-dealkylation sites (N-methyl/N-ethyl adjacent to an activating group) is 1. The summed E-state index contributed by atoms with van der Waals surface area (Å²) in [6.07, 6.45) is 117. The molecule has 0 aliphatic carbocycles. The van der Waals surface area contributed by atoms with Gasteiger partial charge in [-0.2, -0.15) is 0 Å². The van der Waals surface area contributed by atoms with Crippen LogP contribution in [0.3, 0.4) is 0 Å². The number of rotatable bonds is 71.